The first-order chi connectivity index (χ1) is 8.16. The van der Waals surface area contributed by atoms with Gasteiger partial charge in [-0.3, -0.25) is 4.90 Å². The van der Waals surface area contributed by atoms with Crippen molar-refractivity contribution >= 4 is 11.3 Å². The standard InChI is InChI=1S/C14H22N2S/c1-9-5-6-17-14(9)10(2)16-12-3-4-13(16)8-11(15)7-12/h5-6,10-13H,3-4,7-8,15H2,1-2H3. The molecule has 0 saturated carbocycles. The normalized spacial score (nSPS) is 35.1. The van der Waals surface area contributed by atoms with Crippen molar-refractivity contribution < 1.29 is 0 Å². The minimum absolute atomic E-state index is 0.445. The third-order valence-corrected chi connectivity index (χ3v) is 5.74. The van der Waals surface area contributed by atoms with Gasteiger partial charge in [0, 0.05) is 29.0 Å². The predicted molar refractivity (Wildman–Crippen MR) is 73.3 cm³/mol. The van der Waals surface area contributed by atoms with Crippen molar-refractivity contribution in [3.63, 3.8) is 0 Å². The van der Waals surface area contributed by atoms with Crippen LogP contribution in [0.15, 0.2) is 11.4 Å². The molecule has 2 nitrogen and oxygen atoms in total. The fourth-order valence-corrected chi connectivity index (χ4v) is 4.83. The van der Waals surface area contributed by atoms with E-state index in [1.165, 1.54) is 31.2 Å². The number of thiophene rings is 1. The van der Waals surface area contributed by atoms with Gasteiger partial charge in [-0.05, 0) is 56.5 Å². The van der Waals surface area contributed by atoms with Crippen molar-refractivity contribution in [2.75, 3.05) is 0 Å². The van der Waals surface area contributed by atoms with Crippen molar-refractivity contribution in [2.45, 2.75) is 63.7 Å². The Hall–Kier alpha value is -0.380. The highest BCUT2D eigenvalue weighted by Crippen LogP contribution is 2.42. The summed E-state index contributed by atoms with van der Waals surface area (Å²) in [6.07, 6.45) is 5.11. The van der Waals surface area contributed by atoms with Crippen LogP contribution < -0.4 is 5.73 Å². The van der Waals surface area contributed by atoms with Gasteiger partial charge >= 0.3 is 0 Å². The van der Waals surface area contributed by atoms with E-state index in [2.05, 4.69) is 30.2 Å². The zero-order valence-electron chi connectivity index (χ0n) is 10.7. The van der Waals surface area contributed by atoms with Crippen molar-refractivity contribution in [2.24, 2.45) is 5.73 Å². The highest BCUT2D eigenvalue weighted by molar-refractivity contribution is 7.10. The molecule has 2 fully saturated rings. The molecule has 3 heterocycles. The average molecular weight is 250 g/mol. The fourth-order valence-electron chi connectivity index (χ4n) is 3.84. The van der Waals surface area contributed by atoms with Gasteiger partial charge in [-0.1, -0.05) is 0 Å². The van der Waals surface area contributed by atoms with Crippen LogP contribution in [0, 0.1) is 6.92 Å². The molecule has 3 unspecified atom stereocenters. The van der Waals surface area contributed by atoms with Gasteiger partial charge in [-0.15, -0.1) is 11.3 Å². The van der Waals surface area contributed by atoms with E-state index >= 15 is 0 Å². The van der Waals surface area contributed by atoms with Crippen molar-refractivity contribution in [3.05, 3.63) is 21.9 Å². The molecule has 0 aliphatic carbocycles. The van der Waals surface area contributed by atoms with Crippen LogP contribution in [-0.4, -0.2) is 23.0 Å². The van der Waals surface area contributed by atoms with E-state index in [0.29, 0.717) is 12.1 Å². The van der Waals surface area contributed by atoms with Crippen molar-refractivity contribution in [1.29, 1.82) is 0 Å². The van der Waals surface area contributed by atoms with Crippen molar-refractivity contribution in [1.82, 2.24) is 4.90 Å². The molecule has 3 rings (SSSR count). The Morgan fingerprint density at radius 1 is 1.35 bits per heavy atom. The van der Waals surface area contributed by atoms with Crippen LogP contribution in [0.2, 0.25) is 0 Å². The molecule has 2 aliphatic heterocycles. The van der Waals surface area contributed by atoms with E-state index in [4.69, 9.17) is 5.73 Å². The molecule has 0 radical (unpaired) electrons. The zero-order chi connectivity index (χ0) is 12.0. The summed E-state index contributed by atoms with van der Waals surface area (Å²) in [5, 5.41) is 2.22. The molecule has 94 valence electrons. The Kier molecular flexibility index (Phi) is 3.01. The van der Waals surface area contributed by atoms with Crippen molar-refractivity contribution in [3.8, 4) is 0 Å². The molecular weight excluding hydrogens is 228 g/mol. The summed E-state index contributed by atoms with van der Waals surface area (Å²) < 4.78 is 0. The van der Waals surface area contributed by atoms with E-state index < -0.39 is 0 Å². The molecule has 2 saturated heterocycles. The molecule has 1 aromatic rings. The average Bonchev–Trinajstić information content (AvgIpc) is 2.81. The first-order valence-corrected chi connectivity index (χ1v) is 7.61. The zero-order valence-corrected chi connectivity index (χ0v) is 11.5. The number of aryl methyl sites for hydroxylation is 1. The van der Waals surface area contributed by atoms with Crippen LogP contribution in [0.25, 0.3) is 0 Å². The molecule has 3 heteroatoms. The van der Waals surface area contributed by atoms with Crippen LogP contribution in [-0.2, 0) is 0 Å². The molecule has 0 aromatic carbocycles. The molecule has 17 heavy (non-hydrogen) atoms. The van der Waals surface area contributed by atoms with Gasteiger partial charge < -0.3 is 5.73 Å². The van der Waals surface area contributed by atoms with Gasteiger partial charge in [0.2, 0.25) is 0 Å². The van der Waals surface area contributed by atoms with Gasteiger partial charge in [0.1, 0.15) is 0 Å². The van der Waals surface area contributed by atoms with Gasteiger partial charge in [0.05, 0.1) is 0 Å². The maximum Gasteiger partial charge on any atom is 0.0421 e. The molecule has 2 bridgehead atoms. The van der Waals surface area contributed by atoms with E-state index in [9.17, 15) is 0 Å². The van der Waals surface area contributed by atoms with E-state index in [1.807, 2.05) is 11.3 Å². The second-order valence-electron chi connectivity index (χ2n) is 5.71. The van der Waals surface area contributed by atoms with Gasteiger partial charge in [-0.2, -0.15) is 0 Å². The lowest BCUT2D eigenvalue weighted by Crippen LogP contribution is -2.48. The molecule has 0 amide bonds. The smallest absolute Gasteiger partial charge is 0.0421 e. The quantitative estimate of drug-likeness (QED) is 0.874. The lowest BCUT2D eigenvalue weighted by molar-refractivity contribution is 0.0867. The highest BCUT2D eigenvalue weighted by Gasteiger charge is 2.42. The number of fused-ring (bicyclic) bond motifs is 2. The first kappa shape index (κ1) is 11.7. The van der Waals surface area contributed by atoms with Crippen LogP contribution in [0.1, 0.15) is 49.1 Å². The number of piperidine rings is 1. The Labute approximate surface area is 108 Å². The van der Waals surface area contributed by atoms with E-state index in [1.54, 1.807) is 4.88 Å². The van der Waals surface area contributed by atoms with Crippen LogP contribution >= 0.6 is 11.3 Å². The van der Waals surface area contributed by atoms with Gasteiger partial charge in [0.25, 0.3) is 0 Å². The van der Waals surface area contributed by atoms with Crippen LogP contribution in [0.4, 0.5) is 0 Å². The van der Waals surface area contributed by atoms with Gasteiger partial charge in [-0.25, -0.2) is 0 Å². The van der Waals surface area contributed by atoms with E-state index in [0.717, 1.165) is 12.1 Å². The topological polar surface area (TPSA) is 29.3 Å². The van der Waals surface area contributed by atoms with Crippen LogP contribution in [0.3, 0.4) is 0 Å². The Morgan fingerprint density at radius 2 is 2.00 bits per heavy atom. The number of nitrogens with zero attached hydrogens (tertiary/aromatic N) is 1. The summed E-state index contributed by atoms with van der Waals surface area (Å²) in [4.78, 5) is 4.31. The Balaban J connectivity index is 1.83. The fraction of sp³-hybridized carbons (Fsp3) is 0.714. The molecule has 3 atom stereocenters. The summed E-state index contributed by atoms with van der Waals surface area (Å²) in [7, 11) is 0. The monoisotopic (exact) mass is 250 g/mol. The van der Waals surface area contributed by atoms with Crippen LogP contribution in [0.5, 0.6) is 0 Å². The number of nitrogens with two attached hydrogens (primary N) is 1. The molecule has 1 aromatic heterocycles. The van der Waals surface area contributed by atoms with Gasteiger partial charge in [0.15, 0.2) is 0 Å². The SMILES string of the molecule is Cc1ccsc1C(C)N1C2CCC1CC(N)C2. The summed E-state index contributed by atoms with van der Waals surface area (Å²) in [5.74, 6) is 0. The lowest BCUT2D eigenvalue weighted by atomic mass is 9.95. The summed E-state index contributed by atoms with van der Waals surface area (Å²) in [5.41, 5.74) is 7.60. The third kappa shape index (κ3) is 1.94. The predicted octanol–water partition coefficient (Wildman–Crippen LogP) is 3.07. The molecule has 0 spiro atoms. The minimum atomic E-state index is 0.445. The molecule has 2 aliphatic rings. The Morgan fingerprint density at radius 3 is 2.53 bits per heavy atom. The largest absolute Gasteiger partial charge is 0.328 e. The lowest BCUT2D eigenvalue weighted by Gasteiger charge is -2.41. The van der Waals surface area contributed by atoms with E-state index in [-0.39, 0.29) is 0 Å². The number of hydrogen-bond donors (Lipinski definition) is 1. The highest BCUT2D eigenvalue weighted by atomic mass is 32.1. The molecular formula is C14H22N2S. The Bertz CT molecular complexity index is 387. The number of rotatable bonds is 2. The summed E-state index contributed by atoms with van der Waals surface area (Å²) in [6.45, 7) is 4.61. The second-order valence-corrected chi connectivity index (χ2v) is 6.66. The third-order valence-electron chi connectivity index (χ3n) is 4.55. The molecule has 2 N–H and O–H groups in total. The summed E-state index contributed by atoms with van der Waals surface area (Å²) >= 11 is 1.91. The maximum atomic E-state index is 6.14. The maximum absolute atomic E-state index is 6.14. The first-order valence-electron chi connectivity index (χ1n) is 6.74. The second kappa shape index (κ2) is 4.38. The number of hydrogen-bond acceptors (Lipinski definition) is 3. The summed E-state index contributed by atoms with van der Waals surface area (Å²) in [6, 6.07) is 4.74. The minimum Gasteiger partial charge on any atom is -0.328 e.